The molecule has 5 heterocycles. The Morgan fingerprint density at radius 1 is 1.08 bits per heavy atom. The lowest BCUT2D eigenvalue weighted by atomic mass is 9.96. The standard InChI is InChI=1S/C26H21F2N5O3/c27-24(28)19-11-14(5-7-29-19)20-12-31-25(32-20)16-9-15-10-17(1-3-21(15)35-13-16)36-22-6-8-30-26-18(22)2-4-23(34)33-26/h1,3,5-8,10-12,16,24H,2,4,9,13H2,(H,31,32)(H,30,33,34)/t16-/m1/s1. The van der Waals surface area contributed by atoms with Crippen LogP contribution in [0.25, 0.3) is 11.3 Å². The fourth-order valence-corrected chi connectivity index (χ4v) is 4.51. The van der Waals surface area contributed by atoms with E-state index in [-0.39, 0.29) is 17.5 Å². The number of anilines is 1. The highest BCUT2D eigenvalue weighted by atomic mass is 19.3. The molecule has 1 amide bonds. The van der Waals surface area contributed by atoms with Crippen molar-refractivity contribution >= 4 is 11.7 Å². The minimum atomic E-state index is -2.64. The van der Waals surface area contributed by atoms with Crippen molar-refractivity contribution < 1.29 is 23.0 Å². The average molecular weight is 489 g/mol. The van der Waals surface area contributed by atoms with Gasteiger partial charge < -0.3 is 19.8 Å². The van der Waals surface area contributed by atoms with Crippen LogP contribution in [0.1, 0.15) is 41.4 Å². The number of amides is 1. The van der Waals surface area contributed by atoms with Crippen molar-refractivity contribution in [2.75, 3.05) is 11.9 Å². The van der Waals surface area contributed by atoms with Crippen LogP contribution in [0.3, 0.4) is 0 Å². The Morgan fingerprint density at radius 2 is 1.97 bits per heavy atom. The van der Waals surface area contributed by atoms with Gasteiger partial charge in [-0.2, -0.15) is 0 Å². The third-order valence-electron chi connectivity index (χ3n) is 6.32. The number of aromatic nitrogens is 4. The second-order valence-electron chi connectivity index (χ2n) is 8.71. The van der Waals surface area contributed by atoms with Gasteiger partial charge in [0.05, 0.1) is 18.2 Å². The third kappa shape index (κ3) is 4.26. The molecule has 8 nitrogen and oxygen atoms in total. The van der Waals surface area contributed by atoms with Crippen LogP contribution in [0.5, 0.6) is 17.2 Å². The summed E-state index contributed by atoms with van der Waals surface area (Å²) in [7, 11) is 0. The molecule has 0 bridgehead atoms. The molecule has 3 aromatic heterocycles. The SMILES string of the molecule is O=C1CCc2c(Oc3ccc4c(c3)C[C@@H](c3nc(-c5ccnc(C(F)F)c5)c[nH]3)CO4)ccnc2N1. The molecule has 0 radical (unpaired) electrons. The van der Waals surface area contributed by atoms with E-state index >= 15 is 0 Å². The zero-order valence-corrected chi connectivity index (χ0v) is 19.0. The Morgan fingerprint density at radius 3 is 2.86 bits per heavy atom. The molecule has 2 aliphatic rings. The molecule has 0 saturated carbocycles. The molecule has 2 N–H and O–H groups in total. The predicted octanol–water partition coefficient (Wildman–Crippen LogP) is 5.20. The van der Waals surface area contributed by atoms with Crippen LogP contribution in [0.4, 0.5) is 14.6 Å². The number of pyridine rings is 2. The first-order chi connectivity index (χ1) is 17.5. The first-order valence-corrected chi connectivity index (χ1v) is 11.5. The molecule has 0 unspecified atom stereocenters. The number of halogens is 2. The number of carbonyl (C=O) groups excluding carboxylic acids is 1. The van der Waals surface area contributed by atoms with E-state index in [9.17, 15) is 13.6 Å². The smallest absolute Gasteiger partial charge is 0.280 e. The fourth-order valence-electron chi connectivity index (χ4n) is 4.51. The number of hydrogen-bond acceptors (Lipinski definition) is 6. The summed E-state index contributed by atoms with van der Waals surface area (Å²) < 4.78 is 38.2. The molecule has 4 aromatic rings. The van der Waals surface area contributed by atoms with Gasteiger partial charge in [0.1, 0.15) is 34.6 Å². The molecule has 6 rings (SSSR count). The number of benzene rings is 1. The number of nitrogens with one attached hydrogen (secondary N) is 2. The number of fused-ring (bicyclic) bond motifs is 2. The van der Waals surface area contributed by atoms with Gasteiger partial charge >= 0.3 is 0 Å². The van der Waals surface area contributed by atoms with Gasteiger partial charge in [0.2, 0.25) is 5.91 Å². The van der Waals surface area contributed by atoms with Crippen molar-refractivity contribution in [1.82, 2.24) is 19.9 Å². The van der Waals surface area contributed by atoms with Gasteiger partial charge in [0.15, 0.2) is 0 Å². The van der Waals surface area contributed by atoms with Crippen molar-refractivity contribution in [3.05, 3.63) is 77.6 Å². The Hall–Kier alpha value is -4.34. The summed E-state index contributed by atoms with van der Waals surface area (Å²) in [5, 5.41) is 2.78. The summed E-state index contributed by atoms with van der Waals surface area (Å²) in [5.74, 6) is 3.25. The molecule has 2 aliphatic heterocycles. The van der Waals surface area contributed by atoms with Crippen LogP contribution < -0.4 is 14.8 Å². The lowest BCUT2D eigenvalue weighted by Gasteiger charge is -2.25. The molecule has 0 saturated heterocycles. The van der Waals surface area contributed by atoms with Gasteiger partial charge in [0.25, 0.3) is 6.43 Å². The maximum absolute atomic E-state index is 13.0. The highest BCUT2D eigenvalue weighted by molar-refractivity contribution is 5.93. The quantitative estimate of drug-likeness (QED) is 0.400. The van der Waals surface area contributed by atoms with Gasteiger partial charge in [-0.05, 0) is 54.8 Å². The van der Waals surface area contributed by atoms with Crippen molar-refractivity contribution in [2.24, 2.45) is 0 Å². The van der Waals surface area contributed by atoms with E-state index in [1.165, 1.54) is 12.3 Å². The van der Waals surface area contributed by atoms with Crippen molar-refractivity contribution in [1.29, 1.82) is 0 Å². The third-order valence-corrected chi connectivity index (χ3v) is 6.32. The predicted molar refractivity (Wildman–Crippen MR) is 126 cm³/mol. The summed E-state index contributed by atoms with van der Waals surface area (Å²) >= 11 is 0. The molecule has 182 valence electrons. The van der Waals surface area contributed by atoms with Gasteiger partial charge in [-0.15, -0.1) is 0 Å². The van der Waals surface area contributed by atoms with Gasteiger partial charge in [0, 0.05) is 36.1 Å². The second kappa shape index (κ2) is 9.03. The summed E-state index contributed by atoms with van der Waals surface area (Å²) in [4.78, 5) is 27.4. The number of imidazole rings is 1. The molecule has 36 heavy (non-hydrogen) atoms. The minimum Gasteiger partial charge on any atom is -0.493 e. The van der Waals surface area contributed by atoms with Crippen LogP contribution in [0, 0.1) is 0 Å². The highest BCUT2D eigenvalue weighted by Crippen LogP contribution is 2.37. The zero-order chi connectivity index (χ0) is 24.6. The summed E-state index contributed by atoms with van der Waals surface area (Å²) in [5.41, 5.74) is 2.72. The maximum atomic E-state index is 13.0. The van der Waals surface area contributed by atoms with Crippen LogP contribution in [-0.2, 0) is 17.6 Å². The van der Waals surface area contributed by atoms with E-state index < -0.39 is 6.43 Å². The number of carbonyl (C=O) groups is 1. The van der Waals surface area contributed by atoms with Crippen LogP contribution >= 0.6 is 0 Å². The number of rotatable bonds is 5. The monoisotopic (exact) mass is 489 g/mol. The van der Waals surface area contributed by atoms with E-state index in [1.54, 1.807) is 24.5 Å². The Balaban J connectivity index is 1.21. The van der Waals surface area contributed by atoms with Crippen molar-refractivity contribution in [3.63, 3.8) is 0 Å². The first-order valence-electron chi connectivity index (χ1n) is 11.5. The van der Waals surface area contributed by atoms with Crippen LogP contribution in [0.2, 0.25) is 0 Å². The topological polar surface area (TPSA) is 102 Å². The molecule has 1 aromatic carbocycles. The lowest BCUT2D eigenvalue weighted by molar-refractivity contribution is -0.116. The Bertz CT molecular complexity index is 1460. The van der Waals surface area contributed by atoms with Gasteiger partial charge in [-0.3, -0.25) is 9.78 Å². The summed E-state index contributed by atoms with van der Waals surface area (Å²) in [6.45, 7) is 0.441. The van der Waals surface area contributed by atoms with E-state index in [0.717, 1.165) is 22.7 Å². The second-order valence-corrected chi connectivity index (χ2v) is 8.71. The molecular formula is C26H21F2N5O3. The van der Waals surface area contributed by atoms with E-state index in [4.69, 9.17) is 9.47 Å². The Kier molecular flexibility index (Phi) is 5.55. The normalized spacial score (nSPS) is 16.6. The number of alkyl halides is 2. The van der Waals surface area contributed by atoms with Crippen LogP contribution in [0.15, 0.2) is 55.0 Å². The number of nitrogens with zero attached hydrogens (tertiary/aromatic N) is 3. The van der Waals surface area contributed by atoms with E-state index in [2.05, 4.69) is 25.3 Å². The minimum absolute atomic E-state index is 0.0400. The number of H-pyrrole nitrogens is 1. The fraction of sp³-hybridized carbons (Fsp3) is 0.231. The first kappa shape index (κ1) is 22.1. The number of hydrogen-bond donors (Lipinski definition) is 2. The van der Waals surface area contributed by atoms with Crippen molar-refractivity contribution in [2.45, 2.75) is 31.6 Å². The molecule has 0 spiro atoms. The molecule has 0 fully saturated rings. The van der Waals surface area contributed by atoms with E-state index in [0.29, 0.717) is 54.4 Å². The number of aromatic amines is 1. The van der Waals surface area contributed by atoms with E-state index in [1.807, 2.05) is 18.2 Å². The van der Waals surface area contributed by atoms with Crippen molar-refractivity contribution in [3.8, 4) is 28.5 Å². The maximum Gasteiger partial charge on any atom is 0.280 e. The molecular weight excluding hydrogens is 468 g/mol. The summed E-state index contributed by atoms with van der Waals surface area (Å²) in [6.07, 6.45) is 3.67. The highest BCUT2D eigenvalue weighted by Gasteiger charge is 2.25. The van der Waals surface area contributed by atoms with Crippen LogP contribution in [-0.4, -0.2) is 32.4 Å². The number of ether oxygens (including phenoxy) is 2. The zero-order valence-electron chi connectivity index (χ0n) is 19.0. The van der Waals surface area contributed by atoms with Gasteiger partial charge in [-0.25, -0.2) is 18.7 Å². The molecule has 10 heteroatoms. The molecule has 1 atom stereocenters. The average Bonchev–Trinajstić information content (AvgIpc) is 3.39. The lowest BCUT2D eigenvalue weighted by Crippen LogP contribution is -2.20. The molecule has 0 aliphatic carbocycles. The van der Waals surface area contributed by atoms with Gasteiger partial charge in [-0.1, -0.05) is 0 Å². The largest absolute Gasteiger partial charge is 0.493 e. The summed E-state index contributed by atoms with van der Waals surface area (Å²) in [6, 6.07) is 10.5. The Labute approximate surface area is 204 Å².